The van der Waals surface area contributed by atoms with Gasteiger partial charge >= 0.3 is 0 Å². The number of benzene rings is 3. The molecule has 0 aliphatic carbocycles. The summed E-state index contributed by atoms with van der Waals surface area (Å²) in [7, 11) is 0. The van der Waals surface area contributed by atoms with Gasteiger partial charge in [0.2, 0.25) is 0 Å². The first-order chi connectivity index (χ1) is 10.7. The van der Waals surface area contributed by atoms with Gasteiger partial charge in [0.1, 0.15) is 11.2 Å². The van der Waals surface area contributed by atoms with Crippen molar-refractivity contribution in [2.45, 2.75) is 19.8 Å². The van der Waals surface area contributed by atoms with Gasteiger partial charge in [-0.3, -0.25) is 0 Å². The molecule has 1 aromatic heterocycles. The van der Waals surface area contributed by atoms with Crippen molar-refractivity contribution in [3.05, 3.63) is 72.3 Å². The molecule has 0 unspecified atom stereocenters. The SMILES string of the molecule is CC(C)c1ccc2c(c1)oc1ccc(-c3ccccc3)cc12. The maximum absolute atomic E-state index is 6.03. The van der Waals surface area contributed by atoms with Crippen LogP contribution in [0.1, 0.15) is 25.3 Å². The van der Waals surface area contributed by atoms with Crippen LogP contribution in [-0.4, -0.2) is 0 Å². The highest BCUT2D eigenvalue weighted by atomic mass is 16.3. The number of furan rings is 1. The minimum Gasteiger partial charge on any atom is -0.456 e. The Bertz CT molecular complexity index is 946. The van der Waals surface area contributed by atoms with E-state index < -0.39 is 0 Å². The smallest absolute Gasteiger partial charge is 0.135 e. The number of fused-ring (bicyclic) bond motifs is 3. The molecule has 108 valence electrons. The first-order valence-electron chi connectivity index (χ1n) is 7.74. The Kier molecular flexibility index (Phi) is 3.00. The molecule has 0 spiro atoms. The molecule has 0 amide bonds. The fourth-order valence-corrected chi connectivity index (χ4v) is 2.96. The second-order valence-corrected chi connectivity index (χ2v) is 6.09. The van der Waals surface area contributed by atoms with E-state index in [0.717, 1.165) is 11.2 Å². The number of rotatable bonds is 2. The highest BCUT2D eigenvalue weighted by Crippen LogP contribution is 2.33. The Balaban J connectivity index is 1.94. The van der Waals surface area contributed by atoms with Gasteiger partial charge < -0.3 is 4.42 Å². The Morgan fingerprint density at radius 2 is 1.50 bits per heavy atom. The molecule has 22 heavy (non-hydrogen) atoms. The summed E-state index contributed by atoms with van der Waals surface area (Å²) in [6.45, 7) is 4.41. The third-order valence-electron chi connectivity index (χ3n) is 4.27. The molecule has 1 heterocycles. The Labute approximate surface area is 130 Å². The molecule has 0 aliphatic rings. The molecule has 0 saturated carbocycles. The van der Waals surface area contributed by atoms with E-state index in [1.807, 2.05) is 6.07 Å². The largest absolute Gasteiger partial charge is 0.456 e. The molecule has 1 nitrogen and oxygen atoms in total. The molecule has 0 fully saturated rings. The van der Waals surface area contributed by atoms with E-state index in [1.165, 1.54) is 27.5 Å². The molecule has 0 N–H and O–H groups in total. The van der Waals surface area contributed by atoms with Crippen LogP contribution in [-0.2, 0) is 0 Å². The van der Waals surface area contributed by atoms with E-state index in [4.69, 9.17) is 4.42 Å². The summed E-state index contributed by atoms with van der Waals surface area (Å²) in [6.07, 6.45) is 0. The van der Waals surface area contributed by atoms with Crippen molar-refractivity contribution in [1.82, 2.24) is 0 Å². The minimum absolute atomic E-state index is 0.512. The summed E-state index contributed by atoms with van der Waals surface area (Å²) in [6, 6.07) is 23.5. The normalized spacial score (nSPS) is 11.6. The van der Waals surface area contributed by atoms with Gasteiger partial charge in [0.05, 0.1) is 0 Å². The zero-order chi connectivity index (χ0) is 15.1. The van der Waals surface area contributed by atoms with Crippen LogP contribution in [0, 0.1) is 0 Å². The van der Waals surface area contributed by atoms with Gasteiger partial charge in [-0.1, -0.05) is 62.4 Å². The summed E-state index contributed by atoms with van der Waals surface area (Å²) in [5.41, 5.74) is 5.71. The van der Waals surface area contributed by atoms with E-state index in [9.17, 15) is 0 Å². The van der Waals surface area contributed by atoms with Crippen LogP contribution >= 0.6 is 0 Å². The lowest BCUT2D eigenvalue weighted by molar-refractivity contribution is 0.667. The van der Waals surface area contributed by atoms with E-state index in [2.05, 4.69) is 74.5 Å². The van der Waals surface area contributed by atoms with Crippen LogP contribution in [0.15, 0.2) is 71.1 Å². The lowest BCUT2D eigenvalue weighted by Gasteiger charge is -2.03. The number of hydrogen-bond acceptors (Lipinski definition) is 1. The number of hydrogen-bond donors (Lipinski definition) is 0. The average molecular weight is 286 g/mol. The van der Waals surface area contributed by atoms with Crippen LogP contribution in [0.2, 0.25) is 0 Å². The summed E-state index contributed by atoms with van der Waals surface area (Å²) in [4.78, 5) is 0. The Morgan fingerprint density at radius 3 is 2.27 bits per heavy atom. The Hall–Kier alpha value is -2.54. The maximum atomic E-state index is 6.03. The molecule has 4 aromatic rings. The van der Waals surface area contributed by atoms with Crippen LogP contribution in [0.5, 0.6) is 0 Å². The van der Waals surface area contributed by atoms with E-state index >= 15 is 0 Å². The van der Waals surface area contributed by atoms with Gasteiger partial charge in [-0.25, -0.2) is 0 Å². The zero-order valence-corrected chi connectivity index (χ0v) is 12.8. The fourth-order valence-electron chi connectivity index (χ4n) is 2.96. The molecule has 4 rings (SSSR count). The first kappa shape index (κ1) is 13.1. The lowest BCUT2D eigenvalue weighted by atomic mass is 10.00. The summed E-state index contributed by atoms with van der Waals surface area (Å²) in [5, 5.41) is 2.38. The van der Waals surface area contributed by atoms with E-state index in [0.29, 0.717) is 5.92 Å². The third-order valence-corrected chi connectivity index (χ3v) is 4.27. The zero-order valence-electron chi connectivity index (χ0n) is 12.8. The van der Waals surface area contributed by atoms with E-state index in [1.54, 1.807) is 0 Å². The predicted octanol–water partition coefficient (Wildman–Crippen LogP) is 6.38. The van der Waals surface area contributed by atoms with Crippen molar-refractivity contribution >= 4 is 21.9 Å². The second kappa shape index (κ2) is 5.03. The molecule has 3 aromatic carbocycles. The molecule has 0 radical (unpaired) electrons. The monoisotopic (exact) mass is 286 g/mol. The molecular weight excluding hydrogens is 268 g/mol. The fraction of sp³-hybridized carbons (Fsp3) is 0.143. The lowest BCUT2D eigenvalue weighted by Crippen LogP contribution is -1.85. The maximum Gasteiger partial charge on any atom is 0.135 e. The molecule has 1 heteroatoms. The van der Waals surface area contributed by atoms with Gasteiger partial charge in [-0.2, -0.15) is 0 Å². The Morgan fingerprint density at radius 1 is 0.682 bits per heavy atom. The highest BCUT2D eigenvalue weighted by Gasteiger charge is 2.10. The quantitative estimate of drug-likeness (QED) is 0.417. The third kappa shape index (κ3) is 2.10. The summed E-state index contributed by atoms with van der Waals surface area (Å²) < 4.78 is 6.03. The van der Waals surface area contributed by atoms with Gasteiger partial charge in [0.15, 0.2) is 0 Å². The van der Waals surface area contributed by atoms with Crippen molar-refractivity contribution in [2.75, 3.05) is 0 Å². The molecule has 0 atom stereocenters. The first-order valence-corrected chi connectivity index (χ1v) is 7.74. The van der Waals surface area contributed by atoms with Crippen molar-refractivity contribution in [2.24, 2.45) is 0 Å². The summed E-state index contributed by atoms with van der Waals surface area (Å²) >= 11 is 0. The molecule has 0 aliphatic heterocycles. The van der Waals surface area contributed by atoms with Crippen molar-refractivity contribution in [1.29, 1.82) is 0 Å². The van der Waals surface area contributed by atoms with Crippen LogP contribution in [0.3, 0.4) is 0 Å². The van der Waals surface area contributed by atoms with Crippen LogP contribution in [0.4, 0.5) is 0 Å². The average Bonchev–Trinajstić information content (AvgIpc) is 2.92. The topological polar surface area (TPSA) is 13.1 Å². The molecular formula is C21H18O. The van der Waals surface area contributed by atoms with Crippen LogP contribution < -0.4 is 0 Å². The van der Waals surface area contributed by atoms with Crippen molar-refractivity contribution in [3.8, 4) is 11.1 Å². The van der Waals surface area contributed by atoms with Crippen molar-refractivity contribution in [3.63, 3.8) is 0 Å². The van der Waals surface area contributed by atoms with Gasteiger partial charge in [0, 0.05) is 10.8 Å². The minimum atomic E-state index is 0.512. The van der Waals surface area contributed by atoms with Gasteiger partial charge in [-0.15, -0.1) is 0 Å². The van der Waals surface area contributed by atoms with Gasteiger partial charge in [0.25, 0.3) is 0 Å². The van der Waals surface area contributed by atoms with Crippen molar-refractivity contribution < 1.29 is 4.42 Å². The highest BCUT2D eigenvalue weighted by molar-refractivity contribution is 6.06. The summed E-state index contributed by atoms with van der Waals surface area (Å²) in [5.74, 6) is 0.512. The second-order valence-electron chi connectivity index (χ2n) is 6.09. The predicted molar refractivity (Wildman–Crippen MR) is 93.2 cm³/mol. The standard InChI is InChI=1S/C21H18O/c1-14(2)16-8-10-18-19-12-17(15-6-4-3-5-7-15)9-11-20(19)22-21(18)13-16/h3-14H,1-2H3. The van der Waals surface area contributed by atoms with Crippen LogP contribution in [0.25, 0.3) is 33.1 Å². The van der Waals surface area contributed by atoms with E-state index in [-0.39, 0.29) is 0 Å². The van der Waals surface area contributed by atoms with Gasteiger partial charge in [-0.05, 0) is 40.8 Å². The molecule has 0 bridgehead atoms. The molecule has 0 saturated heterocycles.